The number of carbonyl (C=O) groups is 6. The summed E-state index contributed by atoms with van der Waals surface area (Å²) in [5.74, 6) is -3.68. The lowest BCUT2D eigenvalue weighted by Gasteiger charge is -2.40. The third-order valence-corrected chi connectivity index (χ3v) is 9.11. The number of carbonyl (C=O) groups excluding carboxylic acids is 6. The SMILES string of the molecule is CCC(C)[C@H]1OC(=O)CCNC(=O)[C@H](C)N(C)C(=O)[C@@H](C(C)C)N(C)C(=O)[C@H]([C@@H](C)CC)NC(=O)[C@@H]2CCCCN2C1=O. The van der Waals surface area contributed by atoms with Crippen LogP contribution in [-0.4, -0.2) is 108 Å². The smallest absolute Gasteiger partial charge is 0.308 e. The monoisotopic (exact) mass is 607 g/mol. The van der Waals surface area contributed by atoms with Gasteiger partial charge in [-0.15, -0.1) is 0 Å². The topological polar surface area (TPSA) is 145 Å². The Kier molecular flexibility index (Phi) is 13.4. The molecule has 0 saturated carbocycles. The van der Waals surface area contributed by atoms with E-state index in [0.29, 0.717) is 32.2 Å². The highest BCUT2D eigenvalue weighted by atomic mass is 16.5. The van der Waals surface area contributed by atoms with Crippen molar-refractivity contribution in [3.63, 3.8) is 0 Å². The van der Waals surface area contributed by atoms with Crippen molar-refractivity contribution < 1.29 is 33.5 Å². The van der Waals surface area contributed by atoms with Crippen molar-refractivity contribution in [2.24, 2.45) is 17.8 Å². The van der Waals surface area contributed by atoms with Crippen molar-refractivity contribution in [1.29, 1.82) is 0 Å². The molecule has 0 radical (unpaired) electrons. The minimum atomic E-state index is -1.09. The third kappa shape index (κ3) is 8.69. The van der Waals surface area contributed by atoms with Gasteiger partial charge in [0, 0.05) is 33.1 Å². The summed E-state index contributed by atoms with van der Waals surface area (Å²) < 4.78 is 5.68. The molecule has 43 heavy (non-hydrogen) atoms. The Hall–Kier alpha value is -3.18. The third-order valence-electron chi connectivity index (χ3n) is 9.11. The van der Waals surface area contributed by atoms with Crippen molar-refractivity contribution in [1.82, 2.24) is 25.3 Å². The van der Waals surface area contributed by atoms with Gasteiger partial charge in [-0.3, -0.25) is 28.8 Å². The summed E-state index contributed by atoms with van der Waals surface area (Å²) in [6.07, 6.45) is 1.74. The zero-order valence-corrected chi connectivity index (χ0v) is 27.5. The van der Waals surface area contributed by atoms with Crippen LogP contribution in [0.25, 0.3) is 0 Å². The zero-order chi connectivity index (χ0) is 32.6. The number of piperidine rings is 1. The van der Waals surface area contributed by atoms with E-state index in [-0.39, 0.29) is 30.7 Å². The fourth-order valence-corrected chi connectivity index (χ4v) is 5.65. The maximum Gasteiger partial charge on any atom is 0.308 e. The predicted molar refractivity (Wildman–Crippen MR) is 161 cm³/mol. The number of hydrogen-bond donors (Lipinski definition) is 2. The van der Waals surface area contributed by atoms with Gasteiger partial charge in [-0.05, 0) is 44.4 Å². The van der Waals surface area contributed by atoms with Crippen LogP contribution in [-0.2, 0) is 33.5 Å². The van der Waals surface area contributed by atoms with E-state index in [4.69, 9.17) is 4.74 Å². The van der Waals surface area contributed by atoms with Gasteiger partial charge in [-0.1, -0.05) is 48.0 Å². The largest absolute Gasteiger partial charge is 0.452 e. The van der Waals surface area contributed by atoms with Crippen LogP contribution in [0.2, 0.25) is 0 Å². The Bertz CT molecular complexity index is 1030. The Morgan fingerprint density at radius 1 is 0.837 bits per heavy atom. The van der Waals surface area contributed by atoms with E-state index in [1.807, 2.05) is 41.5 Å². The van der Waals surface area contributed by atoms with E-state index in [0.717, 1.165) is 6.42 Å². The molecule has 12 heteroatoms. The molecule has 2 aliphatic heterocycles. The number of rotatable bonds is 5. The van der Waals surface area contributed by atoms with Crippen molar-refractivity contribution in [3.8, 4) is 0 Å². The summed E-state index contributed by atoms with van der Waals surface area (Å²) in [6, 6.07) is -3.54. The average molecular weight is 608 g/mol. The van der Waals surface area contributed by atoms with Crippen LogP contribution in [0.1, 0.15) is 87.0 Å². The molecule has 2 rings (SSSR count). The van der Waals surface area contributed by atoms with Crippen LogP contribution < -0.4 is 10.6 Å². The number of hydrogen-bond acceptors (Lipinski definition) is 7. The molecule has 1 unspecified atom stereocenters. The molecule has 0 aromatic rings. The molecule has 2 aliphatic rings. The number of esters is 1. The van der Waals surface area contributed by atoms with Crippen LogP contribution in [0.3, 0.4) is 0 Å². The highest BCUT2D eigenvalue weighted by molar-refractivity contribution is 5.96. The fourth-order valence-electron chi connectivity index (χ4n) is 5.65. The minimum Gasteiger partial charge on any atom is -0.452 e. The predicted octanol–water partition coefficient (Wildman–Crippen LogP) is 1.71. The lowest BCUT2D eigenvalue weighted by molar-refractivity contribution is -0.166. The van der Waals surface area contributed by atoms with Crippen molar-refractivity contribution in [2.75, 3.05) is 27.2 Å². The first-order chi connectivity index (χ1) is 20.2. The molecule has 7 atom stereocenters. The fraction of sp³-hybridized carbons (Fsp3) is 0.806. The van der Waals surface area contributed by atoms with Gasteiger partial charge in [-0.25, -0.2) is 0 Å². The molecule has 0 aromatic carbocycles. The molecule has 5 amide bonds. The molecule has 0 aromatic heterocycles. The van der Waals surface area contributed by atoms with E-state index in [1.54, 1.807) is 14.0 Å². The molecule has 2 N–H and O–H groups in total. The van der Waals surface area contributed by atoms with Crippen LogP contribution in [0.4, 0.5) is 0 Å². The van der Waals surface area contributed by atoms with Gasteiger partial charge in [0.05, 0.1) is 6.42 Å². The molecular formula is C31H53N5O7. The lowest BCUT2D eigenvalue weighted by Crippen LogP contribution is -2.62. The molecule has 2 saturated heterocycles. The quantitative estimate of drug-likeness (QED) is 0.453. The Labute approximate surface area is 256 Å². The van der Waals surface area contributed by atoms with Crippen LogP contribution in [0.15, 0.2) is 0 Å². The Morgan fingerprint density at radius 3 is 2.05 bits per heavy atom. The van der Waals surface area contributed by atoms with Gasteiger partial charge in [0.2, 0.25) is 23.6 Å². The number of ether oxygens (including phenoxy) is 1. The first kappa shape index (κ1) is 36.0. The molecule has 0 spiro atoms. The summed E-state index contributed by atoms with van der Waals surface area (Å²) in [7, 11) is 3.05. The highest BCUT2D eigenvalue weighted by Gasteiger charge is 2.42. The average Bonchev–Trinajstić information content (AvgIpc) is 2.99. The number of nitrogens with zero attached hydrogens (tertiary/aromatic N) is 3. The second-order valence-corrected chi connectivity index (χ2v) is 12.5. The van der Waals surface area contributed by atoms with E-state index in [1.165, 1.54) is 21.7 Å². The summed E-state index contributed by atoms with van der Waals surface area (Å²) in [5, 5.41) is 5.61. The Balaban J connectivity index is 2.58. The summed E-state index contributed by atoms with van der Waals surface area (Å²) >= 11 is 0. The molecule has 244 valence electrons. The van der Waals surface area contributed by atoms with E-state index >= 15 is 0 Å². The highest BCUT2D eigenvalue weighted by Crippen LogP contribution is 2.24. The van der Waals surface area contributed by atoms with Gasteiger partial charge < -0.3 is 30.1 Å². The first-order valence-corrected chi connectivity index (χ1v) is 15.8. The summed E-state index contributed by atoms with van der Waals surface area (Å²) in [4.78, 5) is 85.3. The first-order valence-electron chi connectivity index (χ1n) is 15.8. The van der Waals surface area contributed by atoms with E-state index in [2.05, 4.69) is 10.6 Å². The van der Waals surface area contributed by atoms with Crippen LogP contribution >= 0.6 is 0 Å². The second-order valence-electron chi connectivity index (χ2n) is 12.5. The normalized spacial score (nSPS) is 29.2. The van der Waals surface area contributed by atoms with Crippen LogP contribution in [0, 0.1) is 17.8 Å². The molecule has 0 bridgehead atoms. The number of fused-ring (bicyclic) bond motifs is 1. The number of amides is 5. The molecule has 12 nitrogen and oxygen atoms in total. The number of cyclic esters (lactones) is 1. The van der Waals surface area contributed by atoms with Gasteiger partial charge in [0.15, 0.2) is 6.10 Å². The van der Waals surface area contributed by atoms with Gasteiger partial charge in [0.1, 0.15) is 24.2 Å². The van der Waals surface area contributed by atoms with E-state index < -0.39 is 65.8 Å². The van der Waals surface area contributed by atoms with Crippen molar-refractivity contribution in [2.45, 2.75) is 117 Å². The van der Waals surface area contributed by atoms with Crippen molar-refractivity contribution >= 4 is 35.5 Å². The maximum absolute atomic E-state index is 14.0. The minimum absolute atomic E-state index is 0.0389. The number of nitrogens with one attached hydrogen (secondary N) is 2. The zero-order valence-electron chi connectivity index (χ0n) is 27.5. The van der Waals surface area contributed by atoms with Crippen LogP contribution in [0.5, 0.6) is 0 Å². The second kappa shape index (κ2) is 16.0. The molecule has 2 heterocycles. The summed E-state index contributed by atoms with van der Waals surface area (Å²) in [5.41, 5.74) is 0. The van der Waals surface area contributed by atoms with Gasteiger partial charge in [0.25, 0.3) is 5.91 Å². The molecule has 0 aliphatic carbocycles. The lowest BCUT2D eigenvalue weighted by atomic mass is 9.93. The maximum atomic E-state index is 14.0. The van der Waals surface area contributed by atoms with Crippen molar-refractivity contribution in [3.05, 3.63) is 0 Å². The standard InChI is InChI=1S/C31H53N5O7/c1-10-19(5)24-29(40)35(9)25(18(3)4)30(41)34(8)21(7)27(38)32-16-15-23(37)43-26(20(6)11-2)31(42)36-17-13-12-14-22(36)28(39)33-24/h18-22,24-26H,10-17H2,1-9H3,(H,32,38)(H,33,39)/t19-,20?,21-,22-,24-,25+,26+/m0/s1. The summed E-state index contributed by atoms with van der Waals surface area (Å²) in [6.45, 7) is 13.0. The number of likely N-dealkylation sites (N-methyl/N-ethyl adjacent to an activating group) is 2. The molecular weight excluding hydrogens is 554 g/mol. The van der Waals surface area contributed by atoms with E-state index in [9.17, 15) is 28.8 Å². The van der Waals surface area contributed by atoms with Gasteiger partial charge >= 0.3 is 5.97 Å². The Morgan fingerprint density at radius 2 is 1.47 bits per heavy atom. The van der Waals surface area contributed by atoms with Gasteiger partial charge in [-0.2, -0.15) is 0 Å². The molecule has 2 fully saturated rings.